The lowest BCUT2D eigenvalue weighted by atomic mass is 9.63. The van der Waals surface area contributed by atoms with Gasteiger partial charge < -0.3 is 9.47 Å². The molecule has 5 aliphatic rings. The summed E-state index contributed by atoms with van der Waals surface area (Å²) in [6, 6.07) is 11.1. The number of hydrazone groups is 1. The van der Waals surface area contributed by atoms with Gasteiger partial charge in [-0.25, -0.2) is 0 Å². The first kappa shape index (κ1) is 22.8. The molecular formula is C27H24BrClN2O4. The highest BCUT2D eigenvalue weighted by Gasteiger charge is 2.67. The number of ether oxygens (including phenoxy) is 2. The lowest BCUT2D eigenvalue weighted by Crippen LogP contribution is -2.40. The highest BCUT2D eigenvalue weighted by atomic mass is 79.9. The molecule has 180 valence electrons. The molecule has 4 aliphatic carbocycles. The maximum Gasteiger partial charge on any atom is 0.254 e. The van der Waals surface area contributed by atoms with Crippen molar-refractivity contribution in [3.8, 4) is 11.5 Å². The zero-order valence-electron chi connectivity index (χ0n) is 19.1. The van der Waals surface area contributed by atoms with Crippen molar-refractivity contribution < 1.29 is 19.1 Å². The van der Waals surface area contributed by atoms with Crippen LogP contribution >= 0.6 is 27.5 Å². The van der Waals surface area contributed by atoms with Crippen LogP contribution in [0.4, 0.5) is 0 Å². The van der Waals surface area contributed by atoms with Gasteiger partial charge in [0.25, 0.3) is 11.8 Å². The minimum Gasteiger partial charge on any atom is -0.490 e. The molecular weight excluding hydrogens is 532 g/mol. The number of allylic oxidation sites excluding steroid dienone is 2. The Bertz CT molecular complexity index is 1240. The van der Waals surface area contributed by atoms with Crippen LogP contribution < -0.4 is 9.47 Å². The Morgan fingerprint density at radius 3 is 2.43 bits per heavy atom. The van der Waals surface area contributed by atoms with Gasteiger partial charge in [0.2, 0.25) is 0 Å². The van der Waals surface area contributed by atoms with Crippen LogP contribution in [0.3, 0.4) is 0 Å². The van der Waals surface area contributed by atoms with Crippen LogP contribution in [-0.2, 0) is 16.2 Å². The smallest absolute Gasteiger partial charge is 0.254 e. The van der Waals surface area contributed by atoms with Crippen molar-refractivity contribution in [1.29, 1.82) is 0 Å². The molecule has 6 atom stereocenters. The highest BCUT2D eigenvalue weighted by molar-refractivity contribution is 9.10. The van der Waals surface area contributed by atoms with Crippen LogP contribution in [0.15, 0.2) is 58.1 Å². The molecule has 7 rings (SSSR count). The molecule has 8 heteroatoms. The highest BCUT2D eigenvalue weighted by Crippen LogP contribution is 2.65. The first-order valence-electron chi connectivity index (χ1n) is 11.9. The third-order valence-corrected chi connectivity index (χ3v) is 8.58. The number of hydrogen-bond donors (Lipinski definition) is 0. The minimum absolute atomic E-state index is 0.176. The van der Waals surface area contributed by atoms with E-state index in [1.54, 1.807) is 6.07 Å². The molecule has 0 radical (unpaired) electrons. The van der Waals surface area contributed by atoms with Gasteiger partial charge in [0, 0.05) is 10.6 Å². The summed E-state index contributed by atoms with van der Waals surface area (Å²) in [6.07, 6.45) is 6.99. The quantitative estimate of drug-likeness (QED) is 0.258. The normalized spacial score (nSPS) is 30.1. The predicted molar refractivity (Wildman–Crippen MR) is 135 cm³/mol. The van der Waals surface area contributed by atoms with Gasteiger partial charge in [-0.3, -0.25) is 9.59 Å². The SMILES string of the molecule is CCOc1cc(C=NN2C(=O)[C@@H]3[C@H]4C=C[C@@H]([C@@H]5C[C@H]45)[C@@H]3C2=O)cc(Br)c1OCc1ccccc1Cl. The second-order valence-corrected chi connectivity index (χ2v) is 10.8. The summed E-state index contributed by atoms with van der Waals surface area (Å²) in [5.41, 5.74) is 1.55. The van der Waals surface area contributed by atoms with Gasteiger partial charge in [-0.1, -0.05) is 42.0 Å². The molecule has 0 aromatic heterocycles. The van der Waals surface area contributed by atoms with Gasteiger partial charge in [0.15, 0.2) is 11.5 Å². The van der Waals surface area contributed by atoms with Gasteiger partial charge in [-0.15, -0.1) is 0 Å². The van der Waals surface area contributed by atoms with Crippen LogP contribution in [0, 0.1) is 35.5 Å². The van der Waals surface area contributed by atoms with Crippen molar-refractivity contribution in [2.45, 2.75) is 20.0 Å². The molecule has 1 heterocycles. The monoisotopic (exact) mass is 554 g/mol. The van der Waals surface area contributed by atoms with Crippen molar-refractivity contribution >= 4 is 45.6 Å². The topological polar surface area (TPSA) is 68.2 Å². The molecule has 2 aromatic rings. The average Bonchev–Trinajstić information content (AvgIpc) is 3.63. The molecule has 2 amide bonds. The van der Waals surface area contributed by atoms with E-state index in [0.717, 1.165) is 17.0 Å². The van der Waals surface area contributed by atoms with Crippen molar-refractivity contribution in [2.75, 3.05) is 6.61 Å². The van der Waals surface area contributed by atoms with Crippen LogP contribution in [0.1, 0.15) is 24.5 Å². The summed E-state index contributed by atoms with van der Waals surface area (Å²) in [6.45, 7) is 2.62. The Morgan fingerprint density at radius 2 is 1.77 bits per heavy atom. The number of imide groups is 1. The molecule has 6 nitrogen and oxygen atoms in total. The molecule has 35 heavy (non-hydrogen) atoms. The van der Waals surface area contributed by atoms with Gasteiger partial charge in [-0.05, 0) is 76.7 Å². The van der Waals surface area contributed by atoms with Crippen molar-refractivity contribution in [3.05, 3.63) is 69.2 Å². The van der Waals surface area contributed by atoms with E-state index >= 15 is 0 Å². The molecule has 1 saturated heterocycles. The van der Waals surface area contributed by atoms with E-state index in [4.69, 9.17) is 21.1 Å². The Morgan fingerprint density at radius 1 is 1.09 bits per heavy atom. The van der Waals surface area contributed by atoms with Gasteiger partial charge >= 0.3 is 0 Å². The van der Waals surface area contributed by atoms with E-state index in [1.807, 2.05) is 37.3 Å². The largest absolute Gasteiger partial charge is 0.490 e. The van der Waals surface area contributed by atoms with Crippen molar-refractivity contribution in [3.63, 3.8) is 0 Å². The summed E-state index contributed by atoms with van der Waals surface area (Å²) < 4.78 is 12.5. The van der Waals surface area contributed by atoms with E-state index in [0.29, 0.717) is 45.0 Å². The van der Waals surface area contributed by atoms with Gasteiger partial charge in [0.1, 0.15) is 6.61 Å². The van der Waals surface area contributed by atoms with Crippen molar-refractivity contribution in [1.82, 2.24) is 5.01 Å². The molecule has 2 saturated carbocycles. The van der Waals surface area contributed by atoms with E-state index < -0.39 is 0 Å². The first-order valence-corrected chi connectivity index (χ1v) is 13.1. The van der Waals surface area contributed by atoms with Crippen LogP contribution in [0.5, 0.6) is 11.5 Å². The standard InChI is InChI=1S/C27H24BrClN2O4/c1-2-34-22-10-14(9-20(28)25(22)35-13-15-5-3-4-6-21(15)29)12-30-31-26(32)23-16-7-8-17(19-11-18(16)19)24(23)27(31)33/h3-10,12,16-19,23-24H,2,11,13H2,1H3/t16-,17-,18-,19+,23-,24+/m0/s1. The van der Waals surface area contributed by atoms with Gasteiger partial charge in [0.05, 0.1) is 29.1 Å². The van der Waals surface area contributed by atoms with E-state index in [1.165, 1.54) is 6.21 Å². The molecule has 0 unspecified atom stereocenters. The Labute approximate surface area is 217 Å². The van der Waals surface area contributed by atoms with Crippen LogP contribution in [-0.4, -0.2) is 29.6 Å². The second kappa shape index (κ2) is 8.79. The fourth-order valence-corrected chi connectivity index (χ4v) is 6.77. The Hall–Kier alpha value is -2.64. The molecule has 2 bridgehead atoms. The summed E-state index contributed by atoms with van der Waals surface area (Å²) in [4.78, 5) is 26.3. The number of carbonyl (C=O) groups excluding carboxylic acids is 2. The Balaban J connectivity index is 1.23. The molecule has 0 N–H and O–H groups in total. The number of benzene rings is 2. The number of rotatable bonds is 7. The number of nitrogens with zero attached hydrogens (tertiary/aromatic N) is 2. The second-order valence-electron chi connectivity index (χ2n) is 9.53. The third-order valence-electron chi connectivity index (χ3n) is 7.62. The zero-order chi connectivity index (χ0) is 24.3. The van der Waals surface area contributed by atoms with Gasteiger partial charge in [-0.2, -0.15) is 10.1 Å². The fourth-order valence-electron chi connectivity index (χ4n) is 6.01. The summed E-state index contributed by atoms with van der Waals surface area (Å²) in [5, 5.41) is 6.06. The average molecular weight is 556 g/mol. The van der Waals surface area contributed by atoms with Crippen LogP contribution in [0.2, 0.25) is 5.02 Å². The Kier molecular flexibility index (Phi) is 5.72. The molecule has 0 spiro atoms. The zero-order valence-corrected chi connectivity index (χ0v) is 21.4. The number of halogens is 2. The minimum atomic E-state index is -0.260. The van der Waals surface area contributed by atoms with E-state index in [9.17, 15) is 9.59 Å². The molecule has 2 aromatic carbocycles. The summed E-state index contributed by atoms with van der Waals surface area (Å²) in [5.74, 6) is 1.70. The van der Waals surface area contributed by atoms with Crippen LogP contribution in [0.25, 0.3) is 0 Å². The number of hydrogen-bond acceptors (Lipinski definition) is 5. The maximum atomic E-state index is 13.2. The summed E-state index contributed by atoms with van der Waals surface area (Å²) in [7, 11) is 0. The summed E-state index contributed by atoms with van der Waals surface area (Å²) >= 11 is 9.82. The number of carbonyl (C=O) groups is 2. The van der Waals surface area contributed by atoms with E-state index in [2.05, 4.69) is 33.2 Å². The molecule has 1 aliphatic heterocycles. The van der Waals surface area contributed by atoms with Crippen molar-refractivity contribution in [2.24, 2.45) is 40.6 Å². The maximum absolute atomic E-state index is 13.2. The fraction of sp³-hybridized carbons (Fsp3) is 0.370. The molecule has 3 fully saturated rings. The lowest BCUT2D eigenvalue weighted by molar-refractivity contribution is -0.140. The first-order chi connectivity index (χ1) is 17.0. The lowest BCUT2D eigenvalue weighted by Gasteiger charge is -2.37. The van der Waals surface area contributed by atoms with E-state index in [-0.39, 0.29) is 42.1 Å². The predicted octanol–water partition coefficient (Wildman–Crippen LogP) is 5.47. The third kappa shape index (κ3) is 3.80. The number of amides is 2.